The number of halogens is 1. The zero-order valence-corrected chi connectivity index (χ0v) is 11.0. The van der Waals surface area contributed by atoms with Gasteiger partial charge in [0.15, 0.2) is 0 Å². The summed E-state index contributed by atoms with van der Waals surface area (Å²) in [6.07, 6.45) is 4.97. The molecule has 0 aromatic heterocycles. The lowest BCUT2D eigenvalue weighted by Crippen LogP contribution is -2.55. The average Bonchev–Trinajstić information content (AvgIpc) is 2.33. The molecule has 0 aliphatic heterocycles. The number of hydrogen-bond acceptors (Lipinski definition) is 2. The van der Waals surface area contributed by atoms with Gasteiger partial charge >= 0.3 is 5.91 Å². The Labute approximate surface area is 111 Å². The Morgan fingerprint density at radius 2 is 2.00 bits per heavy atom. The Morgan fingerprint density at radius 1 is 1.37 bits per heavy atom. The third-order valence-electron chi connectivity index (χ3n) is 2.29. The average molecular weight is 262 g/mol. The van der Waals surface area contributed by atoms with Gasteiger partial charge in [0.25, 0.3) is 5.91 Å². The first-order valence-corrected chi connectivity index (χ1v) is 5.63. The summed E-state index contributed by atoms with van der Waals surface area (Å²) in [5.41, 5.74) is 1.74. The van der Waals surface area contributed by atoms with Gasteiger partial charge in [-0.2, -0.15) is 0 Å². The van der Waals surface area contributed by atoms with Crippen LogP contribution in [0.1, 0.15) is 31.1 Å². The topological polar surface area (TPSA) is 49.4 Å². The molecule has 5 heteroatoms. The summed E-state index contributed by atoms with van der Waals surface area (Å²) in [5.74, 6) is 0.0740. The summed E-state index contributed by atoms with van der Waals surface area (Å²) in [5, 5.41) is 1.09. The fourth-order valence-corrected chi connectivity index (χ4v) is 1.41. The first kappa shape index (κ1) is 14.7. The SMILES string of the molecule is C#CC(=O)NN(C(=O)c1cccc(F)c1)C(C)(C)C. The van der Waals surface area contributed by atoms with Crippen LogP contribution >= 0.6 is 0 Å². The number of hydrogen-bond donors (Lipinski definition) is 1. The van der Waals surface area contributed by atoms with E-state index in [0.29, 0.717) is 0 Å². The highest BCUT2D eigenvalue weighted by molar-refractivity contribution is 5.98. The Bertz CT molecular complexity index is 541. The predicted octanol–water partition coefficient (Wildman–Crippen LogP) is 1.73. The first-order valence-electron chi connectivity index (χ1n) is 5.63. The van der Waals surface area contributed by atoms with E-state index >= 15 is 0 Å². The quantitative estimate of drug-likeness (QED) is 0.619. The fraction of sp³-hybridized carbons (Fsp3) is 0.286. The molecule has 0 spiro atoms. The van der Waals surface area contributed by atoms with E-state index in [1.807, 2.05) is 5.92 Å². The summed E-state index contributed by atoms with van der Waals surface area (Å²) in [6.45, 7) is 5.17. The molecule has 19 heavy (non-hydrogen) atoms. The van der Waals surface area contributed by atoms with E-state index in [-0.39, 0.29) is 5.56 Å². The normalized spacial score (nSPS) is 10.5. The number of carbonyl (C=O) groups is 2. The van der Waals surface area contributed by atoms with E-state index in [9.17, 15) is 14.0 Å². The number of rotatable bonds is 1. The lowest BCUT2D eigenvalue weighted by atomic mass is 10.1. The number of nitrogens with zero attached hydrogens (tertiary/aromatic N) is 1. The van der Waals surface area contributed by atoms with Crippen LogP contribution in [0, 0.1) is 18.2 Å². The van der Waals surface area contributed by atoms with E-state index in [4.69, 9.17) is 6.42 Å². The van der Waals surface area contributed by atoms with Crippen molar-refractivity contribution in [1.82, 2.24) is 10.4 Å². The molecule has 0 atom stereocenters. The van der Waals surface area contributed by atoms with Crippen molar-refractivity contribution in [2.24, 2.45) is 0 Å². The van der Waals surface area contributed by atoms with Crippen molar-refractivity contribution in [3.05, 3.63) is 35.6 Å². The molecule has 0 radical (unpaired) electrons. The number of nitrogens with one attached hydrogen (secondary N) is 1. The lowest BCUT2D eigenvalue weighted by molar-refractivity contribution is -0.121. The molecular formula is C14H15FN2O2. The first-order chi connectivity index (χ1) is 8.75. The van der Waals surface area contributed by atoms with Crippen LogP contribution in [0.3, 0.4) is 0 Å². The highest BCUT2D eigenvalue weighted by Crippen LogP contribution is 2.15. The Kier molecular flexibility index (Phi) is 4.28. The molecule has 4 nitrogen and oxygen atoms in total. The number of amides is 2. The molecule has 0 saturated carbocycles. The molecule has 0 aliphatic carbocycles. The van der Waals surface area contributed by atoms with Crippen LogP contribution in [0.15, 0.2) is 24.3 Å². The zero-order valence-electron chi connectivity index (χ0n) is 11.0. The van der Waals surface area contributed by atoms with Crippen molar-refractivity contribution in [2.45, 2.75) is 26.3 Å². The van der Waals surface area contributed by atoms with E-state index in [2.05, 4.69) is 5.43 Å². The third-order valence-corrected chi connectivity index (χ3v) is 2.29. The third kappa shape index (κ3) is 3.81. The minimum absolute atomic E-state index is 0.132. The van der Waals surface area contributed by atoms with Crippen molar-refractivity contribution in [2.75, 3.05) is 0 Å². The van der Waals surface area contributed by atoms with Gasteiger partial charge in [0.2, 0.25) is 0 Å². The van der Waals surface area contributed by atoms with Crippen molar-refractivity contribution >= 4 is 11.8 Å². The van der Waals surface area contributed by atoms with Gasteiger partial charge in [-0.1, -0.05) is 6.07 Å². The maximum absolute atomic E-state index is 13.1. The highest BCUT2D eigenvalue weighted by Gasteiger charge is 2.29. The maximum atomic E-state index is 13.1. The number of carbonyl (C=O) groups excluding carboxylic acids is 2. The Hall–Kier alpha value is -2.35. The maximum Gasteiger partial charge on any atom is 0.314 e. The monoisotopic (exact) mass is 262 g/mol. The molecule has 0 aliphatic rings. The molecule has 0 saturated heterocycles. The van der Waals surface area contributed by atoms with Gasteiger partial charge in [0, 0.05) is 5.56 Å². The molecule has 0 heterocycles. The van der Waals surface area contributed by atoms with Crippen LogP contribution in [-0.2, 0) is 4.79 Å². The minimum atomic E-state index is -0.736. The second-order valence-electron chi connectivity index (χ2n) is 4.91. The summed E-state index contributed by atoms with van der Waals surface area (Å²) in [4.78, 5) is 23.5. The molecule has 0 unspecified atom stereocenters. The van der Waals surface area contributed by atoms with Gasteiger partial charge in [0.05, 0.1) is 5.54 Å². The minimum Gasteiger partial charge on any atom is -0.267 e. The van der Waals surface area contributed by atoms with E-state index in [1.165, 1.54) is 18.2 Å². The fourth-order valence-electron chi connectivity index (χ4n) is 1.41. The van der Waals surface area contributed by atoms with Crippen LogP contribution in [0.25, 0.3) is 0 Å². The van der Waals surface area contributed by atoms with Gasteiger partial charge in [-0.3, -0.25) is 15.0 Å². The van der Waals surface area contributed by atoms with Crippen LogP contribution in [0.5, 0.6) is 0 Å². The number of hydrazine groups is 1. The summed E-state index contributed by atoms with van der Waals surface area (Å²) >= 11 is 0. The lowest BCUT2D eigenvalue weighted by Gasteiger charge is -2.34. The Balaban J connectivity index is 3.09. The van der Waals surface area contributed by atoms with Crippen LogP contribution in [0.4, 0.5) is 4.39 Å². The largest absolute Gasteiger partial charge is 0.314 e. The summed E-state index contributed by atoms with van der Waals surface area (Å²) in [6, 6.07) is 5.22. The highest BCUT2D eigenvalue weighted by atomic mass is 19.1. The van der Waals surface area contributed by atoms with E-state index in [0.717, 1.165) is 11.1 Å². The second kappa shape index (κ2) is 5.53. The summed E-state index contributed by atoms with van der Waals surface area (Å²) < 4.78 is 13.1. The molecule has 100 valence electrons. The molecule has 0 bridgehead atoms. The molecule has 1 aromatic rings. The molecule has 1 N–H and O–H groups in total. The number of benzene rings is 1. The van der Waals surface area contributed by atoms with E-state index < -0.39 is 23.2 Å². The zero-order chi connectivity index (χ0) is 14.6. The van der Waals surface area contributed by atoms with Gasteiger partial charge in [-0.05, 0) is 44.9 Å². The standard InChI is InChI=1S/C14H15FN2O2/c1-5-12(18)16-17(14(2,3)4)13(19)10-7-6-8-11(15)9-10/h1,6-9H,2-4H3,(H,16,18). The van der Waals surface area contributed by atoms with Crippen LogP contribution in [-0.4, -0.2) is 22.4 Å². The molecule has 1 aromatic carbocycles. The predicted molar refractivity (Wildman–Crippen MR) is 69.3 cm³/mol. The van der Waals surface area contributed by atoms with Crippen LogP contribution < -0.4 is 5.43 Å². The van der Waals surface area contributed by atoms with Crippen LogP contribution in [0.2, 0.25) is 0 Å². The molecule has 0 fully saturated rings. The second-order valence-corrected chi connectivity index (χ2v) is 4.91. The van der Waals surface area contributed by atoms with Gasteiger partial charge in [-0.15, -0.1) is 6.42 Å². The summed E-state index contributed by atoms with van der Waals surface area (Å²) in [7, 11) is 0. The van der Waals surface area contributed by atoms with Gasteiger partial charge in [-0.25, -0.2) is 9.40 Å². The molecule has 1 rings (SSSR count). The van der Waals surface area contributed by atoms with Crippen molar-refractivity contribution < 1.29 is 14.0 Å². The van der Waals surface area contributed by atoms with E-state index in [1.54, 1.807) is 20.8 Å². The van der Waals surface area contributed by atoms with Gasteiger partial charge < -0.3 is 0 Å². The van der Waals surface area contributed by atoms with Gasteiger partial charge in [0.1, 0.15) is 5.82 Å². The number of terminal acetylenes is 1. The smallest absolute Gasteiger partial charge is 0.267 e. The van der Waals surface area contributed by atoms with Crippen molar-refractivity contribution in [1.29, 1.82) is 0 Å². The Morgan fingerprint density at radius 3 is 2.47 bits per heavy atom. The molecule has 2 amide bonds. The van der Waals surface area contributed by atoms with Crippen molar-refractivity contribution in [3.8, 4) is 12.3 Å². The van der Waals surface area contributed by atoms with Crippen molar-refractivity contribution in [3.63, 3.8) is 0 Å². The molecular weight excluding hydrogens is 247 g/mol.